The molecule has 4 rings (SSSR count). The molecule has 1 saturated heterocycles. The van der Waals surface area contributed by atoms with Crippen LogP contribution in [0.4, 0.5) is 0 Å². The van der Waals surface area contributed by atoms with Crippen LogP contribution in [-0.2, 0) is 0 Å². The summed E-state index contributed by atoms with van der Waals surface area (Å²) < 4.78 is 0. The number of likely N-dealkylation sites (tertiary alicyclic amines) is 1. The van der Waals surface area contributed by atoms with E-state index in [0.29, 0.717) is 27.1 Å². The average Bonchev–Trinajstić information content (AvgIpc) is 2.82. The molecule has 0 aromatic heterocycles. The molecule has 1 aliphatic carbocycles. The highest BCUT2D eigenvalue weighted by Crippen LogP contribution is 2.33. The summed E-state index contributed by atoms with van der Waals surface area (Å²) in [6.07, 6.45) is 12.5. The van der Waals surface area contributed by atoms with Crippen molar-refractivity contribution in [1.82, 2.24) is 4.90 Å². The van der Waals surface area contributed by atoms with E-state index in [0.717, 1.165) is 18.5 Å². The molecule has 2 unspecified atom stereocenters. The predicted molar refractivity (Wildman–Crippen MR) is 135 cm³/mol. The highest BCUT2D eigenvalue weighted by atomic mass is 35.5. The number of piperidine rings is 1. The lowest BCUT2D eigenvalue weighted by Crippen LogP contribution is -2.42. The SMILES string of the molecule is CC(CN1CCCCC1CC1CCCCC1)c1cccc(C(=O)c2ccc(Cl)c(Cl)c2)c1. The van der Waals surface area contributed by atoms with Crippen molar-refractivity contribution >= 4 is 29.0 Å². The number of halogens is 2. The van der Waals surface area contributed by atoms with Gasteiger partial charge in [-0.1, -0.05) is 86.8 Å². The van der Waals surface area contributed by atoms with E-state index in [1.807, 2.05) is 12.1 Å². The van der Waals surface area contributed by atoms with E-state index in [1.54, 1.807) is 18.2 Å². The maximum absolute atomic E-state index is 13.0. The normalized spacial score (nSPS) is 21.4. The molecule has 2 aliphatic rings. The zero-order chi connectivity index (χ0) is 22.5. The number of rotatable bonds is 7. The predicted octanol–water partition coefficient (Wildman–Crippen LogP) is 8.15. The van der Waals surface area contributed by atoms with Gasteiger partial charge in [0.05, 0.1) is 10.0 Å². The lowest BCUT2D eigenvalue weighted by Gasteiger charge is -2.39. The van der Waals surface area contributed by atoms with E-state index in [4.69, 9.17) is 23.2 Å². The number of benzene rings is 2. The Morgan fingerprint density at radius 3 is 2.47 bits per heavy atom. The summed E-state index contributed by atoms with van der Waals surface area (Å²) in [5.74, 6) is 1.31. The average molecular weight is 473 g/mol. The Bertz CT molecular complexity index is 921. The van der Waals surface area contributed by atoms with Crippen LogP contribution in [0.15, 0.2) is 42.5 Å². The molecule has 32 heavy (non-hydrogen) atoms. The van der Waals surface area contributed by atoms with Crippen LogP contribution in [0.2, 0.25) is 10.0 Å². The van der Waals surface area contributed by atoms with E-state index in [2.05, 4.69) is 24.0 Å². The summed E-state index contributed by atoms with van der Waals surface area (Å²) in [6, 6.07) is 14.0. The molecule has 172 valence electrons. The third kappa shape index (κ3) is 5.95. The van der Waals surface area contributed by atoms with Gasteiger partial charge in [0.25, 0.3) is 0 Å². The zero-order valence-corrected chi connectivity index (χ0v) is 20.7. The van der Waals surface area contributed by atoms with Crippen molar-refractivity contribution < 1.29 is 4.79 Å². The third-order valence-corrected chi connectivity index (χ3v) is 8.23. The van der Waals surface area contributed by atoms with Gasteiger partial charge in [0.1, 0.15) is 0 Å². The molecule has 1 heterocycles. The van der Waals surface area contributed by atoms with Gasteiger partial charge in [-0.2, -0.15) is 0 Å². The molecule has 1 aliphatic heterocycles. The van der Waals surface area contributed by atoms with Gasteiger partial charge in [0.15, 0.2) is 5.78 Å². The number of carbonyl (C=O) groups is 1. The van der Waals surface area contributed by atoms with E-state index in [1.165, 1.54) is 69.9 Å². The Kier molecular flexibility index (Phi) is 8.32. The summed E-state index contributed by atoms with van der Waals surface area (Å²) in [4.78, 5) is 15.8. The maximum Gasteiger partial charge on any atom is 0.193 e. The molecule has 2 fully saturated rings. The van der Waals surface area contributed by atoms with Crippen LogP contribution in [0, 0.1) is 5.92 Å². The van der Waals surface area contributed by atoms with Crippen molar-refractivity contribution in [3.05, 3.63) is 69.2 Å². The number of carbonyl (C=O) groups excluding carboxylic acids is 1. The van der Waals surface area contributed by atoms with E-state index < -0.39 is 0 Å². The van der Waals surface area contributed by atoms with Crippen molar-refractivity contribution in [2.75, 3.05) is 13.1 Å². The molecular weight excluding hydrogens is 437 g/mol. The van der Waals surface area contributed by atoms with Crippen LogP contribution >= 0.6 is 23.2 Å². The summed E-state index contributed by atoms with van der Waals surface area (Å²) in [5.41, 5.74) is 2.52. The molecule has 0 N–H and O–H groups in total. The highest BCUT2D eigenvalue weighted by molar-refractivity contribution is 6.42. The topological polar surface area (TPSA) is 20.3 Å². The monoisotopic (exact) mass is 471 g/mol. The fourth-order valence-corrected chi connectivity index (χ4v) is 5.92. The summed E-state index contributed by atoms with van der Waals surface area (Å²) in [6.45, 7) is 4.58. The second-order valence-electron chi connectivity index (χ2n) is 9.87. The highest BCUT2D eigenvalue weighted by Gasteiger charge is 2.27. The number of nitrogens with zero attached hydrogens (tertiary/aromatic N) is 1. The second-order valence-corrected chi connectivity index (χ2v) is 10.7. The first-order valence-electron chi connectivity index (χ1n) is 12.3. The molecule has 2 aromatic carbocycles. The third-order valence-electron chi connectivity index (χ3n) is 7.49. The summed E-state index contributed by atoms with van der Waals surface area (Å²) in [7, 11) is 0. The van der Waals surface area contributed by atoms with Crippen LogP contribution in [0.5, 0.6) is 0 Å². The molecule has 0 radical (unpaired) electrons. The molecule has 0 amide bonds. The Balaban J connectivity index is 1.43. The molecule has 2 nitrogen and oxygen atoms in total. The van der Waals surface area contributed by atoms with Crippen LogP contribution in [0.1, 0.15) is 92.1 Å². The van der Waals surface area contributed by atoms with Gasteiger partial charge >= 0.3 is 0 Å². The van der Waals surface area contributed by atoms with Gasteiger partial charge in [-0.15, -0.1) is 0 Å². The summed E-state index contributed by atoms with van der Waals surface area (Å²) in [5, 5.41) is 0.881. The minimum absolute atomic E-state index is 0.00855. The summed E-state index contributed by atoms with van der Waals surface area (Å²) >= 11 is 12.1. The van der Waals surface area contributed by atoms with E-state index in [9.17, 15) is 4.79 Å². The second kappa shape index (κ2) is 11.2. The minimum atomic E-state index is -0.00855. The lowest BCUT2D eigenvalue weighted by molar-refractivity contribution is 0.103. The quantitative estimate of drug-likeness (QED) is 0.379. The lowest BCUT2D eigenvalue weighted by atomic mass is 9.82. The van der Waals surface area contributed by atoms with Gasteiger partial charge in [0, 0.05) is 23.7 Å². The molecule has 2 aromatic rings. The van der Waals surface area contributed by atoms with Gasteiger partial charge in [-0.05, 0) is 67.5 Å². The van der Waals surface area contributed by atoms with Gasteiger partial charge in [-0.3, -0.25) is 9.69 Å². The number of hydrogen-bond acceptors (Lipinski definition) is 2. The van der Waals surface area contributed by atoms with Gasteiger partial charge in [-0.25, -0.2) is 0 Å². The van der Waals surface area contributed by atoms with Crippen molar-refractivity contribution in [2.24, 2.45) is 5.92 Å². The molecule has 2 atom stereocenters. The number of ketones is 1. The van der Waals surface area contributed by atoms with Crippen molar-refractivity contribution in [2.45, 2.75) is 76.7 Å². The first-order valence-corrected chi connectivity index (χ1v) is 13.1. The van der Waals surface area contributed by atoms with E-state index >= 15 is 0 Å². The maximum atomic E-state index is 13.0. The largest absolute Gasteiger partial charge is 0.300 e. The fourth-order valence-electron chi connectivity index (χ4n) is 5.62. The molecule has 1 saturated carbocycles. The Hall–Kier alpha value is -1.35. The minimum Gasteiger partial charge on any atom is -0.300 e. The molecular formula is C28H35Cl2NO. The molecule has 0 bridgehead atoms. The fraction of sp³-hybridized carbons (Fsp3) is 0.536. The van der Waals surface area contributed by atoms with Gasteiger partial charge < -0.3 is 0 Å². The van der Waals surface area contributed by atoms with Crippen molar-refractivity contribution in [1.29, 1.82) is 0 Å². The Labute approximate surface area is 203 Å². The smallest absolute Gasteiger partial charge is 0.193 e. The van der Waals surface area contributed by atoms with E-state index in [-0.39, 0.29) is 5.78 Å². The molecule has 4 heteroatoms. The van der Waals surface area contributed by atoms with Crippen LogP contribution in [-0.4, -0.2) is 29.8 Å². The van der Waals surface area contributed by atoms with Crippen LogP contribution < -0.4 is 0 Å². The van der Waals surface area contributed by atoms with Crippen LogP contribution in [0.3, 0.4) is 0 Å². The first-order chi connectivity index (χ1) is 15.5. The van der Waals surface area contributed by atoms with Crippen molar-refractivity contribution in [3.8, 4) is 0 Å². The van der Waals surface area contributed by atoms with Crippen LogP contribution in [0.25, 0.3) is 0 Å². The Morgan fingerprint density at radius 1 is 0.938 bits per heavy atom. The number of hydrogen-bond donors (Lipinski definition) is 0. The standard InChI is InChI=1S/C28H35Cl2NO/c1-20(19-31-15-6-5-12-25(31)16-21-8-3-2-4-9-21)22-10-7-11-23(17-22)28(32)24-13-14-26(29)27(30)18-24/h7,10-11,13-14,17-18,20-21,25H,2-6,8-9,12,15-16,19H2,1H3. The van der Waals surface area contributed by atoms with Crippen molar-refractivity contribution in [3.63, 3.8) is 0 Å². The zero-order valence-electron chi connectivity index (χ0n) is 19.2. The molecule has 0 spiro atoms. The van der Waals surface area contributed by atoms with Gasteiger partial charge in [0.2, 0.25) is 0 Å². The first kappa shape index (κ1) is 23.8. The Morgan fingerprint density at radius 2 is 1.69 bits per heavy atom.